The molecule has 1 fully saturated rings. The van der Waals surface area contributed by atoms with E-state index in [4.69, 9.17) is 32.7 Å². The fourth-order valence-electron chi connectivity index (χ4n) is 3.57. The van der Waals surface area contributed by atoms with Crippen LogP contribution in [-0.4, -0.2) is 19.5 Å². The molecule has 26 heavy (non-hydrogen) atoms. The van der Waals surface area contributed by atoms with Gasteiger partial charge in [0.05, 0.1) is 21.5 Å². The molecule has 0 amide bonds. The molecule has 2 unspecified atom stereocenters. The summed E-state index contributed by atoms with van der Waals surface area (Å²) in [5.74, 6) is 0. The average molecular weight is 398 g/mol. The molecule has 1 heterocycles. The molecular formula is C21H29Cl2NO2. The highest BCUT2D eigenvalue weighted by atomic mass is 35.5. The van der Waals surface area contributed by atoms with Gasteiger partial charge in [0.15, 0.2) is 6.29 Å². The van der Waals surface area contributed by atoms with Crippen LogP contribution >= 0.6 is 23.2 Å². The van der Waals surface area contributed by atoms with Gasteiger partial charge in [0, 0.05) is 13.2 Å². The summed E-state index contributed by atoms with van der Waals surface area (Å²) in [5.41, 5.74) is 0.819. The monoisotopic (exact) mass is 397 g/mol. The molecule has 1 saturated heterocycles. The minimum Gasteiger partial charge on any atom is -0.353 e. The first-order valence-corrected chi connectivity index (χ1v) is 10.4. The molecule has 2 rings (SSSR count). The van der Waals surface area contributed by atoms with Gasteiger partial charge in [-0.05, 0) is 69.1 Å². The van der Waals surface area contributed by atoms with E-state index in [-0.39, 0.29) is 11.7 Å². The van der Waals surface area contributed by atoms with Crippen molar-refractivity contribution in [3.8, 4) is 6.07 Å². The van der Waals surface area contributed by atoms with Crippen molar-refractivity contribution in [1.82, 2.24) is 0 Å². The summed E-state index contributed by atoms with van der Waals surface area (Å²) in [6.07, 6.45) is 8.53. The molecule has 0 saturated carbocycles. The molecule has 1 aliphatic rings. The highest BCUT2D eigenvalue weighted by molar-refractivity contribution is 6.42. The second-order valence-corrected chi connectivity index (χ2v) is 7.98. The topological polar surface area (TPSA) is 42.2 Å². The fraction of sp³-hybridized carbons (Fsp3) is 0.667. The lowest BCUT2D eigenvalue weighted by molar-refractivity contribution is -0.163. The third kappa shape index (κ3) is 6.74. The predicted octanol–water partition coefficient (Wildman–Crippen LogP) is 6.56. The summed E-state index contributed by atoms with van der Waals surface area (Å²) >= 11 is 12.1. The van der Waals surface area contributed by atoms with Crippen LogP contribution in [-0.2, 0) is 15.9 Å². The van der Waals surface area contributed by atoms with E-state index in [0.29, 0.717) is 16.7 Å². The summed E-state index contributed by atoms with van der Waals surface area (Å²) in [7, 11) is 0. The zero-order valence-corrected chi connectivity index (χ0v) is 17.1. The van der Waals surface area contributed by atoms with Crippen LogP contribution in [0.5, 0.6) is 0 Å². The van der Waals surface area contributed by atoms with Crippen molar-refractivity contribution in [3.05, 3.63) is 33.8 Å². The number of hydrogen-bond donors (Lipinski definition) is 0. The molecule has 1 aromatic rings. The molecule has 3 nitrogen and oxygen atoms in total. The van der Waals surface area contributed by atoms with E-state index in [1.54, 1.807) is 0 Å². The molecule has 0 aliphatic carbocycles. The Hall–Kier alpha value is -0.790. The highest BCUT2D eigenvalue weighted by Gasteiger charge is 2.28. The minimum atomic E-state index is -0.308. The third-order valence-corrected chi connectivity index (χ3v) is 5.82. The molecule has 0 N–H and O–H groups in total. The van der Waals surface area contributed by atoms with Crippen LogP contribution in [0.25, 0.3) is 0 Å². The number of nitriles is 1. The van der Waals surface area contributed by atoms with Crippen molar-refractivity contribution in [2.45, 2.75) is 71.0 Å². The van der Waals surface area contributed by atoms with Gasteiger partial charge in [-0.1, -0.05) is 42.6 Å². The van der Waals surface area contributed by atoms with Gasteiger partial charge in [0.25, 0.3) is 0 Å². The highest BCUT2D eigenvalue weighted by Crippen LogP contribution is 2.35. The van der Waals surface area contributed by atoms with Crippen LogP contribution in [0.3, 0.4) is 0 Å². The van der Waals surface area contributed by atoms with E-state index >= 15 is 0 Å². The van der Waals surface area contributed by atoms with Crippen molar-refractivity contribution >= 4 is 23.2 Å². The van der Waals surface area contributed by atoms with Crippen LogP contribution < -0.4 is 0 Å². The maximum atomic E-state index is 9.87. The maximum Gasteiger partial charge on any atom is 0.157 e. The summed E-state index contributed by atoms with van der Waals surface area (Å²) in [5, 5.41) is 11.0. The quantitative estimate of drug-likeness (QED) is 0.419. The molecule has 0 spiro atoms. The first-order chi connectivity index (χ1) is 12.6. The minimum absolute atomic E-state index is 0.0531. The zero-order valence-electron chi connectivity index (χ0n) is 15.6. The normalized spacial score (nSPS) is 19.7. The third-order valence-electron chi connectivity index (χ3n) is 5.08. The Morgan fingerprint density at radius 2 is 2.08 bits per heavy atom. The second-order valence-electron chi connectivity index (χ2n) is 7.16. The number of nitrogens with zero attached hydrogens (tertiary/aromatic N) is 1. The van der Waals surface area contributed by atoms with Crippen LogP contribution in [0.1, 0.15) is 63.9 Å². The first kappa shape index (κ1) is 21.5. The summed E-state index contributed by atoms with van der Waals surface area (Å²) < 4.78 is 11.4. The molecule has 5 heteroatoms. The van der Waals surface area contributed by atoms with Crippen LogP contribution in [0, 0.1) is 16.7 Å². The van der Waals surface area contributed by atoms with Gasteiger partial charge >= 0.3 is 0 Å². The van der Waals surface area contributed by atoms with E-state index < -0.39 is 0 Å². The lowest BCUT2D eigenvalue weighted by Gasteiger charge is -2.27. The molecular weight excluding hydrogens is 369 g/mol. The van der Waals surface area contributed by atoms with E-state index in [2.05, 4.69) is 13.0 Å². The lowest BCUT2D eigenvalue weighted by Crippen LogP contribution is -2.24. The number of halogens is 2. The predicted molar refractivity (Wildman–Crippen MR) is 107 cm³/mol. The Morgan fingerprint density at radius 1 is 1.23 bits per heavy atom. The summed E-state index contributed by atoms with van der Waals surface area (Å²) in [6, 6.07) is 8.33. The van der Waals surface area contributed by atoms with Crippen molar-refractivity contribution in [2.75, 3.05) is 13.2 Å². The molecule has 1 aliphatic heterocycles. The van der Waals surface area contributed by atoms with E-state index in [1.165, 1.54) is 6.42 Å². The summed E-state index contributed by atoms with van der Waals surface area (Å²) in [6.45, 7) is 3.59. The molecule has 144 valence electrons. The Balaban J connectivity index is 1.85. The van der Waals surface area contributed by atoms with E-state index in [9.17, 15) is 5.26 Å². The molecule has 1 aromatic carbocycles. The van der Waals surface area contributed by atoms with Crippen molar-refractivity contribution in [3.63, 3.8) is 0 Å². The van der Waals surface area contributed by atoms with Crippen molar-refractivity contribution in [2.24, 2.45) is 5.41 Å². The van der Waals surface area contributed by atoms with Crippen molar-refractivity contribution in [1.29, 1.82) is 5.26 Å². The average Bonchev–Trinajstić information content (AvgIpc) is 2.66. The molecule has 0 radical (unpaired) electrons. The standard InChI is InChI=1S/C21H29Cl2NO2/c1-2-10-21(16-24,11-5-14-26-20-6-3-4-13-25-20)12-9-17-7-8-18(22)19(23)15-17/h7-8,15,20H,2-6,9-14H2,1H3. The van der Waals surface area contributed by atoms with Gasteiger partial charge in [-0.15, -0.1) is 0 Å². The van der Waals surface area contributed by atoms with Gasteiger partial charge < -0.3 is 9.47 Å². The Labute approximate surface area is 167 Å². The maximum absolute atomic E-state index is 9.87. The second kappa shape index (κ2) is 11.1. The number of aryl methyl sites for hydroxylation is 1. The Bertz CT molecular complexity index is 596. The van der Waals surface area contributed by atoms with Gasteiger partial charge in [0.2, 0.25) is 0 Å². The Morgan fingerprint density at radius 3 is 2.73 bits per heavy atom. The van der Waals surface area contributed by atoms with Crippen LogP contribution in [0.2, 0.25) is 10.0 Å². The van der Waals surface area contributed by atoms with Crippen molar-refractivity contribution < 1.29 is 9.47 Å². The van der Waals surface area contributed by atoms with E-state index in [1.807, 2.05) is 18.2 Å². The van der Waals surface area contributed by atoms with Gasteiger partial charge in [-0.25, -0.2) is 0 Å². The van der Waals surface area contributed by atoms with Gasteiger partial charge in [-0.2, -0.15) is 5.26 Å². The smallest absolute Gasteiger partial charge is 0.157 e. The lowest BCUT2D eigenvalue weighted by atomic mass is 9.76. The van der Waals surface area contributed by atoms with E-state index in [0.717, 1.165) is 63.5 Å². The number of rotatable bonds is 10. The van der Waals surface area contributed by atoms with Crippen LogP contribution in [0.4, 0.5) is 0 Å². The molecule has 2 atom stereocenters. The molecule has 0 bridgehead atoms. The fourth-order valence-corrected chi connectivity index (χ4v) is 3.89. The largest absolute Gasteiger partial charge is 0.353 e. The molecule has 0 aromatic heterocycles. The number of benzene rings is 1. The van der Waals surface area contributed by atoms with Gasteiger partial charge in [-0.3, -0.25) is 0 Å². The SMILES string of the molecule is CCCC(C#N)(CCCOC1CCCCO1)CCc1ccc(Cl)c(Cl)c1. The summed E-state index contributed by atoms with van der Waals surface area (Å²) in [4.78, 5) is 0. The van der Waals surface area contributed by atoms with Crippen LogP contribution in [0.15, 0.2) is 18.2 Å². The first-order valence-electron chi connectivity index (χ1n) is 9.67. The number of ether oxygens (including phenoxy) is 2. The Kier molecular flexibility index (Phi) is 9.22. The van der Waals surface area contributed by atoms with Gasteiger partial charge in [0.1, 0.15) is 0 Å². The zero-order chi connectivity index (χ0) is 18.8. The number of hydrogen-bond acceptors (Lipinski definition) is 3.